The number of aromatic nitrogens is 2. The Morgan fingerprint density at radius 1 is 1.03 bits per heavy atom. The number of hydrogen-bond donors (Lipinski definition) is 0. The fourth-order valence-electron chi connectivity index (χ4n) is 5.40. The average molecular weight is 566 g/mol. The van der Waals surface area contributed by atoms with Crippen molar-refractivity contribution >= 4 is 40.8 Å². The van der Waals surface area contributed by atoms with Crippen molar-refractivity contribution in [3.63, 3.8) is 0 Å². The lowest BCUT2D eigenvalue weighted by atomic mass is 9.94. The fraction of sp³-hybridized carbons (Fsp3) is 0.433. The van der Waals surface area contributed by atoms with Gasteiger partial charge in [-0.15, -0.1) is 0 Å². The van der Waals surface area contributed by atoms with Crippen molar-refractivity contribution in [1.29, 1.82) is 0 Å². The molecule has 2 aromatic carbocycles. The van der Waals surface area contributed by atoms with Crippen LogP contribution in [0.2, 0.25) is 5.15 Å². The molecule has 39 heavy (non-hydrogen) atoms. The molecule has 206 valence electrons. The van der Waals surface area contributed by atoms with Gasteiger partial charge in [0.25, 0.3) is 5.91 Å². The number of piperazine rings is 1. The zero-order chi connectivity index (χ0) is 27.2. The lowest BCUT2D eigenvalue weighted by Crippen LogP contribution is -2.48. The van der Waals surface area contributed by atoms with Crippen LogP contribution in [0.4, 0.5) is 11.5 Å². The van der Waals surface area contributed by atoms with Gasteiger partial charge < -0.3 is 19.4 Å². The van der Waals surface area contributed by atoms with Crippen LogP contribution in [-0.4, -0.2) is 67.2 Å². The van der Waals surface area contributed by atoms with Crippen molar-refractivity contribution in [3.05, 3.63) is 70.9 Å². The molecule has 0 N–H and O–H groups in total. The van der Waals surface area contributed by atoms with E-state index in [1.807, 2.05) is 53.4 Å². The number of hydrogen-bond acceptors (Lipinski definition) is 7. The van der Waals surface area contributed by atoms with Crippen molar-refractivity contribution in [2.24, 2.45) is 0 Å². The molecule has 1 aromatic heterocycles. The Balaban J connectivity index is 1.15. The Hall–Kier alpha value is -2.97. The van der Waals surface area contributed by atoms with Crippen LogP contribution in [0.3, 0.4) is 0 Å². The molecule has 3 aromatic rings. The van der Waals surface area contributed by atoms with E-state index in [2.05, 4.69) is 27.9 Å². The van der Waals surface area contributed by atoms with Crippen LogP contribution in [0.5, 0.6) is 5.75 Å². The Labute approximate surface area is 240 Å². The molecule has 1 aliphatic carbocycles. The third kappa shape index (κ3) is 6.79. The number of benzene rings is 2. The average Bonchev–Trinajstić information content (AvgIpc) is 3.00. The third-order valence-corrected chi connectivity index (χ3v) is 8.82. The highest BCUT2D eigenvalue weighted by Gasteiger charge is 2.24. The first-order chi connectivity index (χ1) is 19.0. The Morgan fingerprint density at radius 3 is 2.46 bits per heavy atom. The van der Waals surface area contributed by atoms with E-state index in [0.29, 0.717) is 40.8 Å². The number of halogens is 1. The lowest BCUT2D eigenvalue weighted by Gasteiger charge is -2.36. The number of thioether (sulfide) groups is 1. The van der Waals surface area contributed by atoms with E-state index >= 15 is 0 Å². The van der Waals surface area contributed by atoms with Gasteiger partial charge in [0.05, 0.1) is 12.8 Å². The van der Waals surface area contributed by atoms with Crippen LogP contribution < -0.4 is 14.5 Å². The molecular weight excluding hydrogens is 530 g/mol. The summed E-state index contributed by atoms with van der Waals surface area (Å²) in [7, 11) is 3.80. The molecule has 0 spiro atoms. The van der Waals surface area contributed by atoms with Gasteiger partial charge in [0.1, 0.15) is 16.7 Å². The predicted octanol–water partition coefficient (Wildman–Crippen LogP) is 6.16. The van der Waals surface area contributed by atoms with E-state index in [1.165, 1.54) is 32.1 Å². The van der Waals surface area contributed by atoms with Crippen molar-refractivity contribution < 1.29 is 9.53 Å². The molecule has 0 bridgehead atoms. The highest BCUT2D eigenvalue weighted by molar-refractivity contribution is 7.98. The molecule has 0 unspecified atom stereocenters. The van der Waals surface area contributed by atoms with Crippen LogP contribution in [0.25, 0.3) is 0 Å². The minimum absolute atomic E-state index is 0.0717. The SMILES string of the molecule is COc1ccccc1N1CCN(C(=O)c2ccc(CSc3nc(Cl)cc(N(C)C4CCCCC4)n3)cc2)CC1. The van der Waals surface area contributed by atoms with Crippen molar-refractivity contribution in [2.45, 2.75) is 49.1 Å². The highest BCUT2D eigenvalue weighted by atomic mass is 35.5. The smallest absolute Gasteiger partial charge is 0.253 e. The maximum atomic E-state index is 13.2. The third-order valence-electron chi connectivity index (χ3n) is 7.71. The van der Waals surface area contributed by atoms with E-state index in [0.717, 1.165) is 35.9 Å². The molecule has 5 rings (SSSR count). The summed E-state index contributed by atoms with van der Waals surface area (Å²) >= 11 is 7.93. The number of carbonyl (C=O) groups is 1. The molecule has 2 fully saturated rings. The minimum atomic E-state index is 0.0717. The number of para-hydroxylation sites is 2. The molecule has 1 saturated heterocycles. The largest absolute Gasteiger partial charge is 0.495 e. The molecule has 2 aliphatic rings. The first-order valence-electron chi connectivity index (χ1n) is 13.7. The normalized spacial score (nSPS) is 16.3. The van der Waals surface area contributed by atoms with E-state index in [-0.39, 0.29) is 5.91 Å². The Morgan fingerprint density at radius 2 is 1.74 bits per heavy atom. The maximum absolute atomic E-state index is 13.2. The highest BCUT2D eigenvalue weighted by Crippen LogP contribution is 2.30. The second-order valence-corrected chi connectivity index (χ2v) is 11.5. The quantitative estimate of drug-likeness (QED) is 0.184. The number of nitrogens with zero attached hydrogens (tertiary/aromatic N) is 5. The van der Waals surface area contributed by atoms with Gasteiger partial charge in [-0.2, -0.15) is 0 Å². The van der Waals surface area contributed by atoms with Crippen molar-refractivity contribution in [3.8, 4) is 5.75 Å². The summed E-state index contributed by atoms with van der Waals surface area (Å²) < 4.78 is 5.51. The van der Waals surface area contributed by atoms with Crippen LogP contribution in [0, 0.1) is 0 Å². The molecule has 1 aliphatic heterocycles. The first-order valence-corrected chi connectivity index (χ1v) is 15.0. The number of amides is 1. The van der Waals surface area contributed by atoms with Crippen molar-refractivity contribution in [1.82, 2.24) is 14.9 Å². The molecule has 9 heteroatoms. The minimum Gasteiger partial charge on any atom is -0.495 e. The summed E-state index contributed by atoms with van der Waals surface area (Å²) in [5, 5.41) is 1.14. The predicted molar refractivity (Wildman–Crippen MR) is 159 cm³/mol. The van der Waals surface area contributed by atoms with E-state index in [1.54, 1.807) is 18.9 Å². The number of anilines is 2. The molecule has 0 atom stereocenters. The number of methoxy groups -OCH3 is 1. The van der Waals surface area contributed by atoms with Crippen LogP contribution >= 0.6 is 23.4 Å². The summed E-state index contributed by atoms with van der Waals surface area (Å²) in [6.07, 6.45) is 6.26. The number of rotatable bonds is 8. The van der Waals surface area contributed by atoms with Gasteiger partial charge in [-0.1, -0.05) is 66.9 Å². The van der Waals surface area contributed by atoms with Gasteiger partial charge in [0.15, 0.2) is 5.16 Å². The van der Waals surface area contributed by atoms with Gasteiger partial charge >= 0.3 is 0 Å². The van der Waals surface area contributed by atoms with Gasteiger partial charge in [-0.3, -0.25) is 4.79 Å². The number of carbonyl (C=O) groups excluding carboxylic acids is 1. The molecule has 1 amide bonds. The maximum Gasteiger partial charge on any atom is 0.253 e. The van der Waals surface area contributed by atoms with E-state index in [4.69, 9.17) is 21.3 Å². The topological polar surface area (TPSA) is 61.8 Å². The molecule has 7 nitrogen and oxygen atoms in total. The molecular formula is C30H36ClN5O2S. The van der Waals surface area contributed by atoms with Gasteiger partial charge in [0.2, 0.25) is 0 Å². The second-order valence-electron chi connectivity index (χ2n) is 10.2. The summed E-state index contributed by atoms with van der Waals surface area (Å²) in [6, 6.07) is 18.3. The Bertz CT molecular complexity index is 1260. The van der Waals surface area contributed by atoms with Crippen LogP contribution in [-0.2, 0) is 5.75 Å². The molecule has 0 radical (unpaired) electrons. The van der Waals surface area contributed by atoms with Gasteiger partial charge in [-0.05, 0) is 42.7 Å². The summed E-state index contributed by atoms with van der Waals surface area (Å²) in [5.41, 5.74) is 2.90. The first kappa shape index (κ1) is 27.6. The lowest BCUT2D eigenvalue weighted by molar-refractivity contribution is 0.0746. The number of ether oxygens (including phenoxy) is 1. The summed E-state index contributed by atoms with van der Waals surface area (Å²) in [4.78, 5) is 28.9. The van der Waals surface area contributed by atoms with Gasteiger partial charge in [-0.25, -0.2) is 9.97 Å². The fourth-order valence-corrected chi connectivity index (χ4v) is 6.44. The standard InChI is InChI=1S/C30H36ClN5O2S/c1-34(24-8-4-3-5-9-24)28-20-27(31)32-30(33-28)39-21-22-12-14-23(15-13-22)29(37)36-18-16-35(17-19-36)25-10-6-7-11-26(25)38-2/h6-7,10-15,20,24H,3-5,8-9,16-19,21H2,1-2H3. The Kier molecular flexibility index (Phi) is 9.14. The van der Waals surface area contributed by atoms with E-state index in [9.17, 15) is 4.79 Å². The monoisotopic (exact) mass is 565 g/mol. The van der Waals surface area contributed by atoms with Crippen LogP contribution in [0.15, 0.2) is 59.8 Å². The van der Waals surface area contributed by atoms with Gasteiger partial charge in [0, 0.05) is 56.7 Å². The molecule has 1 saturated carbocycles. The van der Waals surface area contributed by atoms with E-state index < -0.39 is 0 Å². The molecule has 2 heterocycles. The summed E-state index contributed by atoms with van der Waals surface area (Å²) in [5.74, 6) is 2.53. The zero-order valence-corrected chi connectivity index (χ0v) is 24.3. The second kappa shape index (κ2) is 12.9. The summed E-state index contributed by atoms with van der Waals surface area (Å²) in [6.45, 7) is 2.91. The zero-order valence-electron chi connectivity index (χ0n) is 22.7. The van der Waals surface area contributed by atoms with Crippen molar-refractivity contribution in [2.75, 3.05) is 50.1 Å². The van der Waals surface area contributed by atoms with Crippen LogP contribution in [0.1, 0.15) is 48.0 Å².